The summed E-state index contributed by atoms with van der Waals surface area (Å²) < 4.78 is 9.13. The number of imidazole rings is 2. The molecular weight excluding hydrogens is 655 g/mol. The van der Waals surface area contributed by atoms with E-state index < -0.39 is 17.6 Å². The van der Waals surface area contributed by atoms with E-state index in [4.69, 9.17) is 27.9 Å². The van der Waals surface area contributed by atoms with Crippen LogP contribution < -0.4 is 16.0 Å². The first kappa shape index (κ1) is 34.9. The van der Waals surface area contributed by atoms with E-state index in [1.165, 1.54) is 5.69 Å². The summed E-state index contributed by atoms with van der Waals surface area (Å²) in [5, 5.41) is 10.1. The summed E-state index contributed by atoms with van der Waals surface area (Å²) in [6.45, 7) is 8.02. The highest BCUT2D eigenvalue weighted by Crippen LogP contribution is 2.40. The third-order valence-electron chi connectivity index (χ3n) is 8.18. The minimum Gasteiger partial charge on any atom is -0.444 e. The van der Waals surface area contributed by atoms with Gasteiger partial charge in [-0.2, -0.15) is 0 Å². The molecule has 12 nitrogen and oxygen atoms in total. The van der Waals surface area contributed by atoms with Crippen LogP contribution in [0.3, 0.4) is 0 Å². The molecule has 2 amide bonds. The Kier molecular flexibility index (Phi) is 10.5. The molecule has 2 aliphatic heterocycles. The number of nitrogens with zero attached hydrogens (tertiary/aromatic N) is 5. The quantitative estimate of drug-likeness (QED) is 0.221. The molecule has 3 N–H and O–H groups in total. The van der Waals surface area contributed by atoms with Gasteiger partial charge in [0.25, 0.3) is 5.91 Å². The summed E-state index contributed by atoms with van der Waals surface area (Å²) >= 11 is 13.3. The highest BCUT2D eigenvalue weighted by Gasteiger charge is 2.30. The van der Waals surface area contributed by atoms with Gasteiger partial charge in [0.2, 0.25) is 0 Å². The molecule has 2 aromatic carbocycles. The number of carbonyl (C=O) groups is 3. The molecule has 0 saturated heterocycles. The molecule has 254 valence electrons. The lowest BCUT2D eigenvalue weighted by molar-refractivity contribution is 0.0220. The summed E-state index contributed by atoms with van der Waals surface area (Å²) in [6.07, 6.45) is 1.95. The number of rotatable bonds is 5. The first-order chi connectivity index (χ1) is 22.8. The zero-order chi connectivity index (χ0) is 34.7. The van der Waals surface area contributed by atoms with Crippen LogP contribution in [0.4, 0.5) is 16.2 Å². The third-order valence-corrected chi connectivity index (χ3v) is 9.00. The SMILES string of the molecule is CNc1cccc(-c2cccc(NC(=O)c3nc4c(n3C)CCN(C(=O)OC(C)(C)C)C4)c2Cl)c1Cl.Cn1c(C=O)nc2c1CCNC2. The summed E-state index contributed by atoms with van der Waals surface area (Å²) in [4.78, 5) is 46.6. The molecule has 48 heavy (non-hydrogen) atoms. The van der Waals surface area contributed by atoms with Gasteiger partial charge in [-0.15, -0.1) is 0 Å². The van der Waals surface area contributed by atoms with E-state index in [0.717, 1.165) is 48.4 Å². The van der Waals surface area contributed by atoms with Crippen LogP contribution in [0.5, 0.6) is 0 Å². The molecule has 6 rings (SSSR count). The summed E-state index contributed by atoms with van der Waals surface area (Å²) in [7, 11) is 5.48. The number of halogens is 2. The van der Waals surface area contributed by atoms with Gasteiger partial charge in [-0.1, -0.05) is 47.5 Å². The molecule has 0 aliphatic carbocycles. The second-order valence-corrected chi connectivity index (χ2v) is 13.3. The molecule has 2 aromatic heterocycles. The fraction of sp³-hybridized carbons (Fsp3) is 0.382. The highest BCUT2D eigenvalue weighted by molar-refractivity contribution is 6.39. The van der Waals surface area contributed by atoms with Crippen LogP contribution in [0.2, 0.25) is 10.0 Å². The summed E-state index contributed by atoms with van der Waals surface area (Å²) in [6, 6.07) is 11.0. The van der Waals surface area contributed by atoms with Crippen LogP contribution in [-0.2, 0) is 44.8 Å². The van der Waals surface area contributed by atoms with Crippen LogP contribution in [-0.4, -0.2) is 68.0 Å². The van der Waals surface area contributed by atoms with E-state index in [0.29, 0.717) is 45.8 Å². The zero-order valence-corrected chi connectivity index (χ0v) is 29.4. The van der Waals surface area contributed by atoms with Crippen molar-refractivity contribution < 1.29 is 19.1 Å². The summed E-state index contributed by atoms with van der Waals surface area (Å²) in [5.74, 6) is 0.372. The second-order valence-electron chi connectivity index (χ2n) is 12.5. The molecule has 14 heteroatoms. The lowest BCUT2D eigenvalue weighted by Gasteiger charge is -2.29. The van der Waals surface area contributed by atoms with Crippen molar-refractivity contribution in [3.63, 3.8) is 0 Å². The van der Waals surface area contributed by atoms with Gasteiger partial charge < -0.3 is 34.7 Å². The van der Waals surface area contributed by atoms with Gasteiger partial charge in [0.05, 0.1) is 39.4 Å². The smallest absolute Gasteiger partial charge is 0.410 e. The number of amides is 2. The van der Waals surface area contributed by atoms with Crippen molar-refractivity contribution in [3.05, 3.63) is 80.9 Å². The Bertz CT molecular complexity index is 1860. The van der Waals surface area contributed by atoms with E-state index in [9.17, 15) is 14.4 Å². The number of benzene rings is 2. The van der Waals surface area contributed by atoms with Crippen molar-refractivity contribution in [2.75, 3.05) is 30.8 Å². The van der Waals surface area contributed by atoms with Crippen LogP contribution in [0, 0.1) is 0 Å². The Morgan fingerprint density at radius 1 is 0.938 bits per heavy atom. The Hall–Kier alpha value is -4.39. The molecule has 0 saturated carbocycles. The van der Waals surface area contributed by atoms with Crippen molar-refractivity contribution in [2.45, 2.75) is 52.3 Å². The van der Waals surface area contributed by atoms with Gasteiger partial charge in [0.15, 0.2) is 17.9 Å². The minimum absolute atomic E-state index is 0.239. The van der Waals surface area contributed by atoms with Crippen molar-refractivity contribution in [3.8, 4) is 11.1 Å². The molecular formula is C34H40Cl2N8O4. The van der Waals surface area contributed by atoms with E-state index in [1.807, 2.05) is 56.7 Å². The molecule has 2 aliphatic rings. The van der Waals surface area contributed by atoms with E-state index >= 15 is 0 Å². The highest BCUT2D eigenvalue weighted by atomic mass is 35.5. The number of aldehydes is 1. The second kappa shape index (κ2) is 14.4. The number of hydrogen-bond donors (Lipinski definition) is 3. The lowest BCUT2D eigenvalue weighted by Crippen LogP contribution is -2.40. The van der Waals surface area contributed by atoms with E-state index in [-0.39, 0.29) is 12.4 Å². The topological polar surface area (TPSA) is 135 Å². The minimum atomic E-state index is -0.584. The van der Waals surface area contributed by atoms with Gasteiger partial charge in [-0.25, -0.2) is 14.8 Å². The fourth-order valence-electron chi connectivity index (χ4n) is 5.74. The standard InChI is InChI=1S/C26H29Cl2N5O3.C8H11N3O/c1-26(2,3)36-25(35)33-13-12-20-19(14-33)30-23(32(20)5)24(34)31-18-11-7-9-16(22(18)28)15-8-6-10-17(29-4)21(15)27;1-11-7-2-3-9-4-6(7)10-8(11)5-12/h6-11,29H,12-14H2,1-5H3,(H,31,34);5,9H,2-4H2,1H3. The number of carbonyl (C=O) groups excluding carboxylic acids is 3. The molecule has 0 fully saturated rings. The average molecular weight is 696 g/mol. The molecule has 0 bridgehead atoms. The van der Waals surface area contributed by atoms with Gasteiger partial charge in [-0.3, -0.25) is 9.59 Å². The Morgan fingerprint density at radius 2 is 1.58 bits per heavy atom. The Morgan fingerprint density at radius 3 is 2.21 bits per heavy atom. The van der Waals surface area contributed by atoms with Gasteiger partial charge in [-0.05, 0) is 32.9 Å². The first-order valence-corrected chi connectivity index (χ1v) is 16.4. The van der Waals surface area contributed by atoms with E-state index in [2.05, 4.69) is 25.9 Å². The Balaban J connectivity index is 0.000000313. The molecule has 0 atom stereocenters. The monoisotopic (exact) mass is 694 g/mol. The zero-order valence-electron chi connectivity index (χ0n) is 27.9. The number of fused-ring (bicyclic) bond motifs is 2. The molecule has 4 aromatic rings. The van der Waals surface area contributed by atoms with Crippen molar-refractivity contribution >= 4 is 52.9 Å². The average Bonchev–Trinajstić information content (AvgIpc) is 3.57. The molecule has 0 radical (unpaired) electrons. The molecule has 4 heterocycles. The van der Waals surface area contributed by atoms with E-state index in [1.54, 1.807) is 35.7 Å². The van der Waals surface area contributed by atoms with Gasteiger partial charge in [0.1, 0.15) is 5.60 Å². The van der Waals surface area contributed by atoms with Crippen LogP contribution >= 0.6 is 23.2 Å². The number of nitrogens with one attached hydrogen (secondary N) is 3. The largest absolute Gasteiger partial charge is 0.444 e. The normalized spacial score (nSPS) is 13.9. The maximum Gasteiger partial charge on any atom is 0.410 e. The lowest BCUT2D eigenvalue weighted by atomic mass is 10.0. The Labute approximate surface area is 289 Å². The predicted octanol–water partition coefficient (Wildman–Crippen LogP) is 5.86. The summed E-state index contributed by atoms with van der Waals surface area (Å²) in [5.41, 5.74) is 5.88. The first-order valence-electron chi connectivity index (χ1n) is 15.6. The number of aromatic nitrogens is 4. The molecule has 0 unspecified atom stereocenters. The number of ether oxygens (including phenoxy) is 1. The van der Waals surface area contributed by atoms with Gasteiger partial charge >= 0.3 is 6.09 Å². The van der Waals surface area contributed by atoms with Crippen molar-refractivity contribution in [1.82, 2.24) is 29.3 Å². The molecule has 0 spiro atoms. The van der Waals surface area contributed by atoms with Crippen LogP contribution in [0.1, 0.15) is 64.8 Å². The van der Waals surface area contributed by atoms with Crippen molar-refractivity contribution in [1.29, 1.82) is 0 Å². The van der Waals surface area contributed by atoms with Crippen molar-refractivity contribution in [2.24, 2.45) is 14.1 Å². The number of hydrogen-bond acceptors (Lipinski definition) is 8. The van der Waals surface area contributed by atoms with Crippen LogP contribution in [0.15, 0.2) is 36.4 Å². The third kappa shape index (κ3) is 7.35. The fourth-order valence-corrected chi connectivity index (χ4v) is 6.34. The maximum atomic E-state index is 13.2. The van der Waals surface area contributed by atoms with Gasteiger partial charge in [0, 0.05) is 76.1 Å². The van der Waals surface area contributed by atoms with Crippen LogP contribution in [0.25, 0.3) is 11.1 Å². The maximum absolute atomic E-state index is 13.2. The number of anilines is 2. The predicted molar refractivity (Wildman–Crippen MR) is 187 cm³/mol.